The van der Waals surface area contributed by atoms with Gasteiger partial charge >= 0.3 is 6.03 Å². The molecule has 6 aliphatic heterocycles. The Hall–Kier alpha value is -5.52. The number of amides is 6. The molecule has 4 fully saturated rings. The van der Waals surface area contributed by atoms with Crippen LogP contribution in [0.1, 0.15) is 73.9 Å². The number of rotatable bonds is 11. The number of anilines is 5. The Morgan fingerprint density at radius 3 is 2.55 bits per heavy atom. The number of aromatic nitrogens is 2. The number of likely N-dealkylation sites (tertiary alicyclic amines) is 1. The quantitative estimate of drug-likeness (QED) is 0.234. The van der Waals surface area contributed by atoms with Crippen molar-refractivity contribution in [3.63, 3.8) is 0 Å². The molecule has 0 aliphatic carbocycles. The molecule has 7 heterocycles. The zero-order chi connectivity index (χ0) is 43.3. The van der Waals surface area contributed by atoms with Crippen LogP contribution in [-0.2, 0) is 32.3 Å². The fraction of sp³-hybridized carbons (Fsp3) is 0.523. The lowest BCUT2D eigenvalue weighted by atomic mass is 9.86. The second kappa shape index (κ2) is 17.0. The molecule has 1 aromatic heterocycles. The number of nitrogens with zero attached hydrogens (tertiary/aromatic N) is 8. The number of nitrogens with one attached hydrogen (secondary N) is 3. The van der Waals surface area contributed by atoms with Gasteiger partial charge in [0.05, 0.1) is 18.4 Å². The van der Waals surface area contributed by atoms with E-state index in [0.717, 1.165) is 93.3 Å². The summed E-state index contributed by atoms with van der Waals surface area (Å²) in [4.78, 5) is 88.3. The van der Waals surface area contributed by atoms with Gasteiger partial charge in [0, 0.05) is 93.2 Å². The summed E-state index contributed by atoms with van der Waals surface area (Å²) in [6.45, 7) is 11.1. The van der Waals surface area contributed by atoms with Crippen LogP contribution in [0.15, 0.2) is 42.6 Å². The van der Waals surface area contributed by atoms with Crippen molar-refractivity contribution in [2.75, 3.05) is 79.5 Å². The first kappa shape index (κ1) is 41.8. The monoisotopic (exact) mass is 867 g/mol. The van der Waals surface area contributed by atoms with Gasteiger partial charge in [-0.25, -0.2) is 9.78 Å². The standard InChI is InChI=1S/C44H54ClN11O6/c1-27(2)56-35-7-4-31(18-30(35)23-55(43(56)61)62-24-38(58)46-3)48-39-34(45)20-47-42(50-39)52-14-10-28(11-15-52)21-51-16-12-44(25-51)13-17-53(26-44)32-5-6-33-29(19-32)22-54(41(33)60)36-8-9-37(57)49-40(36)59/h4-7,18-20,27-28,36H,8-17,21-26H2,1-3H3,(H,46,58)(H,47,48,50)(H,49,57,59)/t36-,44-/m0/s1. The van der Waals surface area contributed by atoms with Crippen LogP contribution in [0.3, 0.4) is 0 Å². The highest BCUT2D eigenvalue weighted by atomic mass is 35.5. The first-order valence-corrected chi connectivity index (χ1v) is 22.1. The molecule has 4 saturated heterocycles. The van der Waals surface area contributed by atoms with Crippen LogP contribution < -0.4 is 30.7 Å². The molecule has 2 aromatic carbocycles. The van der Waals surface area contributed by atoms with Gasteiger partial charge in [0.2, 0.25) is 23.7 Å². The molecule has 0 unspecified atom stereocenters. The van der Waals surface area contributed by atoms with Gasteiger partial charge in [-0.15, -0.1) is 0 Å². The van der Waals surface area contributed by atoms with Gasteiger partial charge in [0.25, 0.3) is 5.91 Å². The van der Waals surface area contributed by atoms with E-state index >= 15 is 0 Å². The second-order valence-corrected chi connectivity index (χ2v) is 18.3. The number of carbonyl (C=O) groups is 5. The number of fused-ring (bicyclic) bond motifs is 2. The molecule has 3 aromatic rings. The van der Waals surface area contributed by atoms with E-state index in [2.05, 4.69) is 47.8 Å². The highest BCUT2D eigenvalue weighted by Crippen LogP contribution is 2.43. The Bertz CT molecular complexity index is 2290. The molecule has 62 heavy (non-hydrogen) atoms. The van der Waals surface area contributed by atoms with E-state index in [1.165, 1.54) is 18.5 Å². The van der Waals surface area contributed by atoms with E-state index in [1.54, 1.807) is 16.0 Å². The van der Waals surface area contributed by atoms with Crippen LogP contribution in [0.2, 0.25) is 5.02 Å². The van der Waals surface area contributed by atoms with E-state index in [4.69, 9.17) is 21.4 Å². The number of imide groups is 1. The molecule has 17 nitrogen and oxygen atoms in total. The Labute approximate surface area is 366 Å². The summed E-state index contributed by atoms with van der Waals surface area (Å²) >= 11 is 6.63. The topological polar surface area (TPSA) is 176 Å². The summed E-state index contributed by atoms with van der Waals surface area (Å²) in [7, 11) is 1.52. The van der Waals surface area contributed by atoms with Crippen LogP contribution in [0.25, 0.3) is 0 Å². The average molecular weight is 868 g/mol. The minimum absolute atomic E-state index is 0.137. The molecule has 0 radical (unpaired) electrons. The van der Waals surface area contributed by atoms with Crippen molar-refractivity contribution in [1.29, 1.82) is 0 Å². The number of hydrogen-bond acceptors (Lipinski definition) is 12. The molecule has 3 N–H and O–H groups in total. The van der Waals surface area contributed by atoms with Crippen molar-refractivity contribution in [2.24, 2.45) is 11.3 Å². The number of benzene rings is 2. The third-order valence-corrected chi connectivity index (χ3v) is 13.7. The molecule has 18 heteroatoms. The molecule has 2 atom stereocenters. The molecule has 9 rings (SSSR count). The number of halogens is 1. The van der Waals surface area contributed by atoms with Gasteiger partial charge in [0.15, 0.2) is 12.4 Å². The second-order valence-electron chi connectivity index (χ2n) is 17.9. The summed E-state index contributed by atoms with van der Waals surface area (Å²) in [6.07, 6.45) is 6.64. The summed E-state index contributed by atoms with van der Waals surface area (Å²) in [5, 5.41) is 9.88. The minimum atomic E-state index is -0.609. The lowest BCUT2D eigenvalue weighted by Crippen LogP contribution is -2.52. The maximum Gasteiger partial charge on any atom is 0.348 e. The van der Waals surface area contributed by atoms with E-state index < -0.39 is 6.04 Å². The minimum Gasteiger partial charge on any atom is -0.371 e. The fourth-order valence-electron chi connectivity index (χ4n) is 10.1. The Balaban J connectivity index is 0.774. The highest BCUT2D eigenvalue weighted by Gasteiger charge is 2.45. The molecule has 0 bridgehead atoms. The van der Waals surface area contributed by atoms with Gasteiger partial charge in [-0.05, 0) is 100 Å². The fourth-order valence-corrected chi connectivity index (χ4v) is 10.3. The molecule has 6 aliphatic rings. The van der Waals surface area contributed by atoms with Crippen LogP contribution in [-0.4, -0.2) is 126 Å². The van der Waals surface area contributed by atoms with Crippen molar-refractivity contribution >= 4 is 70.1 Å². The zero-order valence-electron chi connectivity index (χ0n) is 35.5. The van der Waals surface area contributed by atoms with Crippen LogP contribution in [0.4, 0.5) is 33.6 Å². The number of piperidine rings is 2. The van der Waals surface area contributed by atoms with Gasteiger partial charge in [-0.1, -0.05) is 11.6 Å². The lowest BCUT2D eigenvalue weighted by molar-refractivity contribution is -0.151. The van der Waals surface area contributed by atoms with Crippen LogP contribution in [0.5, 0.6) is 0 Å². The SMILES string of the molecule is CNC(=O)CON1Cc2cc(Nc3nc(N4CCC(CN5CC[C@]6(CCN(c7ccc8c(c7)CN([C@H]7CCC(=O)NC7=O)C8=O)C6)C5)CC4)ncc3Cl)ccc2N(C(C)C)C1=O. The van der Waals surface area contributed by atoms with E-state index in [0.29, 0.717) is 41.2 Å². The van der Waals surface area contributed by atoms with Crippen molar-refractivity contribution in [3.05, 3.63) is 64.3 Å². The smallest absolute Gasteiger partial charge is 0.348 e. The number of likely N-dealkylation sites (N-methyl/N-ethyl adjacent to an activating group) is 1. The molecule has 0 saturated carbocycles. The first-order chi connectivity index (χ1) is 29.9. The number of carbonyl (C=O) groups excluding carboxylic acids is 5. The van der Waals surface area contributed by atoms with E-state index in [9.17, 15) is 24.0 Å². The number of hydroxylamine groups is 2. The molecule has 328 valence electrons. The van der Waals surface area contributed by atoms with Crippen molar-refractivity contribution in [1.82, 2.24) is 35.5 Å². The summed E-state index contributed by atoms with van der Waals surface area (Å²) in [5.74, 6) is 0.573. The maximum atomic E-state index is 13.3. The Kier molecular flexibility index (Phi) is 11.5. The first-order valence-electron chi connectivity index (χ1n) is 21.7. The molecule has 1 spiro atoms. The van der Waals surface area contributed by atoms with Crippen molar-refractivity contribution in [2.45, 2.75) is 77.5 Å². The number of hydrogen-bond donors (Lipinski definition) is 3. The van der Waals surface area contributed by atoms with Crippen LogP contribution >= 0.6 is 11.6 Å². The van der Waals surface area contributed by atoms with Crippen molar-refractivity contribution < 1.29 is 28.8 Å². The summed E-state index contributed by atoms with van der Waals surface area (Å²) in [6, 6.07) is 10.8. The largest absolute Gasteiger partial charge is 0.371 e. The normalized spacial score (nSPS) is 23.2. The van der Waals surface area contributed by atoms with Crippen LogP contribution in [0, 0.1) is 11.3 Å². The third-order valence-electron chi connectivity index (χ3n) is 13.5. The van der Waals surface area contributed by atoms with Gasteiger partial charge < -0.3 is 30.2 Å². The summed E-state index contributed by atoms with van der Waals surface area (Å²) < 4.78 is 0. The summed E-state index contributed by atoms with van der Waals surface area (Å²) in [5.41, 5.74) is 5.34. The Morgan fingerprint density at radius 2 is 1.77 bits per heavy atom. The van der Waals surface area contributed by atoms with Gasteiger partial charge in [-0.3, -0.25) is 34.2 Å². The lowest BCUT2D eigenvalue weighted by Gasteiger charge is -2.38. The van der Waals surface area contributed by atoms with Crippen molar-refractivity contribution in [3.8, 4) is 0 Å². The predicted molar refractivity (Wildman–Crippen MR) is 233 cm³/mol. The zero-order valence-corrected chi connectivity index (χ0v) is 36.2. The van der Waals surface area contributed by atoms with Gasteiger partial charge in [-0.2, -0.15) is 10.0 Å². The molecule has 6 amide bonds. The Morgan fingerprint density at radius 1 is 0.968 bits per heavy atom. The third kappa shape index (κ3) is 8.24. The van der Waals surface area contributed by atoms with E-state index in [1.807, 2.05) is 38.1 Å². The predicted octanol–water partition coefficient (Wildman–Crippen LogP) is 4.28. The van der Waals surface area contributed by atoms with E-state index in [-0.39, 0.29) is 60.7 Å². The average Bonchev–Trinajstić information content (AvgIpc) is 3.96. The highest BCUT2D eigenvalue weighted by molar-refractivity contribution is 6.33. The number of urea groups is 1. The molecular formula is C44H54ClN11O6. The van der Waals surface area contributed by atoms with Gasteiger partial charge in [0.1, 0.15) is 11.1 Å². The maximum absolute atomic E-state index is 13.3. The molecular weight excluding hydrogens is 814 g/mol.